The summed E-state index contributed by atoms with van der Waals surface area (Å²) in [5.41, 5.74) is -0.949. The lowest BCUT2D eigenvalue weighted by Gasteiger charge is -2.45. The normalized spacial score (nSPS) is 28.8. The van der Waals surface area contributed by atoms with Gasteiger partial charge in [-0.3, -0.25) is 4.79 Å². The summed E-state index contributed by atoms with van der Waals surface area (Å²) in [6.07, 6.45) is 0.838. The van der Waals surface area contributed by atoms with Crippen molar-refractivity contribution in [2.45, 2.75) is 38.3 Å². The Bertz CT molecular complexity index is 746. The van der Waals surface area contributed by atoms with Crippen molar-refractivity contribution in [3.63, 3.8) is 0 Å². The van der Waals surface area contributed by atoms with Gasteiger partial charge in [-0.2, -0.15) is 5.26 Å². The molecule has 0 amide bonds. The van der Waals surface area contributed by atoms with Crippen LogP contribution >= 0.6 is 0 Å². The Balaban J connectivity index is 2.08. The third-order valence-electron chi connectivity index (χ3n) is 4.33. The molecule has 1 aliphatic carbocycles. The summed E-state index contributed by atoms with van der Waals surface area (Å²) in [5, 5.41) is 9.90. The highest BCUT2D eigenvalue weighted by atomic mass is 28.4. The van der Waals surface area contributed by atoms with Crippen LogP contribution in [-0.2, 0) is 9.16 Å². The van der Waals surface area contributed by atoms with E-state index in [2.05, 4.69) is 25.7 Å². The molecular formula is C18H21NO4Si. The number of hydrogen-bond acceptors (Lipinski definition) is 5. The van der Waals surface area contributed by atoms with E-state index in [1.165, 1.54) is 7.11 Å². The van der Waals surface area contributed by atoms with Crippen molar-refractivity contribution < 1.29 is 18.7 Å². The first kappa shape index (κ1) is 16.7. The lowest BCUT2D eigenvalue weighted by Crippen LogP contribution is -2.57. The first-order valence-electron chi connectivity index (χ1n) is 7.96. The number of nitriles is 1. The minimum absolute atomic E-state index is 0.244. The predicted molar refractivity (Wildman–Crippen MR) is 91.2 cm³/mol. The molecule has 126 valence electrons. The number of fused-ring (bicyclic) bond motifs is 2. The number of hydrogen-bond donors (Lipinski definition) is 0. The number of Topliss-reactive ketones (excluding diaryl/α,β-unsaturated/α-hetero) is 1. The Morgan fingerprint density at radius 3 is 2.67 bits per heavy atom. The van der Waals surface area contributed by atoms with Crippen molar-refractivity contribution in [2.75, 3.05) is 7.11 Å². The minimum atomic E-state index is -1.81. The molecule has 0 bridgehead atoms. The largest absolute Gasteiger partial charge is 0.547 e. The van der Waals surface area contributed by atoms with Gasteiger partial charge in [-0.15, -0.1) is 0 Å². The number of carbonyl (C=O) groups excluding carboxylic acids is 1. The van der Waals surface area contributed by atoms with E-state index in [9.17, 15) is 10.1 Å². The van der Waals surface area contributed by atoms with E-state index in [1.54, 1.807) is 24.3 Å². The van der Waals surface area contributed by atoms with Gasteiger partial charge in [-0.05, 0) is 37.8 Å². The first-order chi connectivity index (χ1) is 11.3. The van der Waals surface area contributed by atoms with Crippen molar-refractivity contribution >= 4 is 14.1 Å². The van der Waals surface area contributed by atoms with Gasteiger partial charge in [-0.25, -0.2) is 0 Å². The maximum atomic E-state index is 13.1. The molecule has 3 rings (SSSR count). The number of methoxy groups -OCH3 is 1. The van der Waals surface area contributed by atoms with Crippen LogP contribution in [0.3, 0.4) is 0 Å². The summed E-state index contributed by atoms with van der Waals surface area (Å²) < 4.78 is 17.7. The quantitative estimate of drug-likeness (QED) is 0.788. The monoisotopic (exact) mass is 343 g/mol. The summed E-state index contributed by atoms with van der Waals surface area (Å²) in [6.45, 7) is 6.26. The second-order valence-electron chi connectivity index (χ2n) is 7.12. The van der Waals surface area contributed by atoms with Gasteiger partial charge >= 0.3 is 0 Å². The third-order valence-corrected chi connectivity index (χ3v) is 5.21. The number of ether oxygens (including phenoxy) is 2. The number of rotatable bonds is 3. The average Bonchev–Trinajstić information content (AvgIpc) is 2.53. The molecule has 1 heterocycles. The van der Waals surface area contributed by atoms with Crippen LogP contribution < -0.4 is 4.74 Å². The summed E-state index contributed by atoms with van der Waals surface area (Å²) in [7, 11) is -0.311. The maximum Gasteiger partial charge on any atom is 0.241 e. The molecule has 0 aromatic heterocycles. The summed E-state index contributed by atoms with van der Waals surface area (Å²) >= 11 is 0. The maximum absolute atomic E-state index is 13.1. The van der Waals surface area contributed by atoms with Crippen molar-refractivity contribution in [2.24, 2.45) is 5.41 Å². The van der Waals surface area contributed by atoms with Gasteiger partial charge in [0.05, 0.1) is 17.4 Å². The number of nitrogens with zero attached hydrogens (tertiary/aromatic N) is 1. The second kappa shape index (κ2) is 5.76. The number of carbonyl (C=O) groups is 1. The van der Waals surface area contributed by atoms with Crippen LogP contribution in [-0.4, -0.2) is 33.4 Å². The zero-order valence-electron chi connectivity index (χ0n) is 14.3. The molecule has 1 aliphatic heterocycles. The first-order valence-corrected chi connectivity index (χ1v) is 11.4. The van der Waals surface area contributed by atoms with E-state index in [4.69, 9.17) is 13.9 Å². The zero-order chi connectivity index (χ0) is 17.5. The van der Waals surface area contributed by atoms with Crippen molar-refractivity contribution in [3.05, 3.63) is 41.7 Å². The summed E-state index contributed by atoms with van der Waals surface area (Å²) in [5.74, 6) is 1.01. The Kier molecular flexibility index (Phi) is 4.02. The number of ketones is 1. The van der Waals surface area contributed by atoms with Gasteiger partial charge in [-0.1, -0.05) is 12.1 Å². The van der Waals surface area contributed by atoms with Crippen LogP contribution in [0.1, 0.15) is 16.8 Å². The van der Waals surface area contributed by atoms with Gasteiger partial charge in [0, 0.05) is 13.5 Å². The molecule has 0 N–H and O–H groups in total. The van der Waals surface area contributed by atoms with Crippen LogP contribution in [0.15, 0.2) is 36.1 Å². The minimum Gasteiger partial charge on any atom is -0.547 e. The van der Waals surface area contributed by atoms with Gasteiger partial charge in [0.15, 0.2) is 11.2 Å². The molecule has 24 heavy (non-hydrogen) atoms. The fourth-order valence-corrected chi connectivity index (χ4v) is 4.29. The third kappa shape index (κ3) is 2.54. The van der Waals surface area contributed by atoms with E-state index >= 15 is 0 Å². The predicted octanol–water partition coefficient (Wildman–Crippen LogP) is 3.29. The molecule has 6 heteroatoms. The Morgan fingerprint density at radius 2 is 2.04 bits per heavy atom. The highest BCUT2D eigenvalue weighted by Crippen LogP contribution is 2.47. The van der Waals surface area contributed by atoms with E-state index in [1.807, 2.05) is 6.07 Å². The topological polar surface area (TPSA) is 68.6 Å². The highest BCUT2D eigenvalue weighted by molar-refractivity contribution is 6.70. The molecule has 3 atom stereocenters. The van der Waals surface area contributed by atoms with E-state index in [0.717, 1.165) is 5.76 Å². The van der Waals surface area contributed by atoms with E-state index < -0.39 is 25.9 Å². The Hall–Kier alpha value is -2.10. The average molecular weight is 343 g/mol. The van der Waals surface area contributed by atoms with E-state index in [0.29, 0.717) is 17.7 Å². The van der Waals surface area contributed by atoms with Crippen molar-refractivity contribution in [1.82, 2.24) is 0 Å². The summed E-state index contributed by atoms with van der Waals surface area (Å²) in [6, 6.07) is 9.24. The molecule has 0 saturated carbocycles. The SMILES string of the molecule is COC1C=C(O[Si](C)(C)C)C[C@H]2Oc3ccccc3C(=O)[C@@]12C#N. The highest BCUT2D eigenvalue weighted by Gasteiger charge is 2.59. The van der Waals surface area contributed by atoms with E-state index in [-0.39, 0.29) is 5.78 Å². The van der Waals surface area contributed by atoms with Crippen LogP contribution in [0.2, 0.25) is 19.6 Å². The second-order valence-corrected chi connectivity index (χ2v) is 11.5. The van der Waals surface area contributed by atoms with Crippen LogP contribution in [0.5, 0.6) is 5.75 Å². The molecular weight excluding hydrogens is 322 g/mol. The molecule has 1 aromatic carbocycles. The molecule has 2 aliphatic rings. The van der Waals surface area contributed by atoms with Gasteiger partial charge in [0.1, 0.15) is 18.0 Å². The molecule has 5 nitrogen and oxygen atoms in total. The van der Waals surface area contributed by atoms with Gasteiger partial charge in [0.25, 0.3) is 0 Å². The fourth-order valence-electron chi connectivity index (χ4n) is 3.35. The zero-order valence-corrected chi connectivity index (χ0v) is 15.3. The summed E-state index contributed by atoms with van der Waals surface area (Å²) in [4.78, 5) is 13.1. The molecule has 0 radical (unpaired) electrons. The fraction of sp³-hybridized carbons (Fsp3) is 0.444. The standard InChI is InChI=1S/C18H21NO4Si/c1-21-15-9-12(23-24(2,3)4)10-16-18(15,11-19)17(20)13-7-5-6-8-14(13)22-16/h5-9,15-16H,10H2,1-4H3/t15?,16-,18+/m1/s1. The lowest BCUT2D eigenvalue weighted by atomic mass is 9.67. The van der Waals surface area contributed by atoms with Crippen LogP contribution in [0, 0.1) is 16.7 Å². The molecule has 1 aromatic rings. The van der Waals surface area contributed by atoms with Crippen molar-refractivity contribution in [3.8, 4) is 11.8 Å². The van der Waals surface area contributed by atoms with Crippen LogP contribution in [0.25, 0.3) is 0 Å². The Labute approximate surface area is 143 Å². The Morgan fingerprint density at radius 1 is 1.33 bits per heavy atom. The van der Waals surface area contributed by atoms with Crippen LogP contribution in [0.4, 0.5) is 0 Å². The van der Waals surface area contributed by atoms with Crippen molar-refractivity contribution in [1.29, 1.82) is 5.26 Å². The number of benzene rings is 1. The lowest BCUT2D eigenvalue weighted by molar-refractivity contribution is -0.0284. The molecule has 0 fully saturated rings. The smallest absolute Gasteiger partial charge is 0.241 e. The molecule has 0 spiro atoms. The number of para-hydroxylation sites is 1. The van der Waals surface area contributed by atoms with Gasteiger partial charge in [0.2, 0.25) is 8.32 Å². The molecule has 0 saturated heterocycles. The molecule has 1 unspecified atom stereocenters. The van der Waals surface area contributed by atoms with Gasteiger partial charge < -0.3 is 13.9 Å².